The Morgan fingerprint density at radius 1 is 0.892 bits per heavy atom. The standard InChI is InChI=1S/C32H30N2O3/c35-31(37-20-28-26-14-3-1-12-24(26)25-13-2-4-15-27(25)28)34-22-10-6-11-23(34)19-32(36,18-22)29-16-5-8-21-9-7-17-33-30(21)29/h1-5,7-9,12-17,22-23,28,36H,6,10-11,18-20H2. The van der Waals surface area contributed by atoms with Crippen LogP contribution in [0, 0.1) is 0 Å². The van der Waals surface area contributed by atoms with Gasteiger partial charge in [0.25, 0.3) is 0 Å². The zero-order valence-electron chi connectivity index (χ0n) is 20.7. The highest BCUT2D eigenvalue weighted by Gasteiger charge is 2.49. The number of aromatic nitrogens is 1. The third-order valence-corrected chi connectivity index (χ3v) is 8.69. The first-order valence-electron chi connectivity index (χ1n) is 13.3. The van der Waals surface area contributed by atoms with Gasteiger partial charge in [0.2, 0.25) is 0 Å². The van der Waals surface area contributed by atoms with Crippen molar-refractivity contribution in [1.29, 1.82) is 0 Å². The maximum Gasteiger partial charge on any atom is 0.410 e. The fourth-order valence-corrected chi connectivity index (χ4v) is 7.10. The van der Waals surface area contributed by atoms with Gasteiger partial charge < -0.3 is 14.7 Å². The van der Waals surface area contributed by atoms with Gasteiger partial charge in [0.15, 0.2) is 0 Å². The van der Waals surface area contributed by atoms with E-state index in [9.17, 15) is 9.90 Å². The lowest BCUT2D eigenvalue weighted by atomic mass is 9.72. The summed E-state index contributed by atoms with van der Waals surface area (Å²) < 4.78 is 6.05. The van der Waals surface area contributed by atoms with Gasteiger partial charge in [-0.1, -0.05) is 72.8 Å². The van der Waals surface area contributed by atoms with Crippen LogP contribution in [0.25, 0.3) is 22.0 Å². The van der Waals surface area contributed by atoms with E-state index in [4.69, 9.17) is 4.74 Å². The van der Waals surface area contributed by atoms with Gasteiger partial charge in [0, 0.05) is 48.0 Å². The number of rotatable bonds is 3. The van der Waals surface area contributed by atoms with E-state index in [-0.39, 0.29) is 24.1 Å². The van der Waals surface area contributed by atoms with Crippen molar-refractivity contribution in [3.8, 4) is 11.1 Å². The second-order valence-electron chi connectivity index (χ2n) is 10.8. The third kappa shape index (κ3) is 3.64. The smallest absolute Gasteiger partial charge is 0.410 e. The van der Waals surface area contributed by atoms with Crippen molar-refractivity contribution in [2.45, 2.75) is 55.7 Å². The minimum atomic E-state index is -1.01. The number of pyridine rings is 1. The Morgan fingerprint density at radius 2 is 1.54 bits per heavy atom. The Labute approximate surface area is 216 Å². The summed E-state index contributed by atoms with van der Waals surface area (Å²) in [4.78, 5) is 20.1. The van der Waals surface area contributed by atoms with E-state index >= 15 is 0 Å². The van der Waals surface area contributed by atoms with Crippen LogP contribution in [-0.2, 0) is 10.3 Å². The van der Waals surface area contributed by atoms with Gasteiger partial charge >= 0.3 is 6.09 Å². The van der Waals surface area contributed by atoms with Crippen molar-refractivity contribution < 1.29 is 14.6 Å². The van der Waals surface area contributed by atoms with Gasteiger partial charge in [-0.3, -0.25) is 4.98 Å². The van der Waals surface area contributed by atoms with E-state index in [0.29, 0.717) is 19.4 Å². The van der Waals surface area contributed by atoms with Crippen LogP contribution in [0.3, 0.4) is 0 Å². The van der Waals surface area contributed by atoms with Gasteiger partial charge in [0.05, 0.1) is 11.1 Å². The molecule has 2 bridgehead atoms. The van der Waals surface area contributed by atoms with Crippen LogP contribution >= 0.6 is 0 Å². The molecule has 5 heteroatoms. The number of amides is 1. The molecule has 0 spiro atoms. The fourth-order valence-electron chi connectivity index (χ4n) is 7.10. The van der Waals surface area contributed by atoms with E-state index < -0.39 is 5.60 Å². The summed E-state index contributed by atoms with van der Waals surface area (Å²) in [6, 6.07) is 26.7. The molecule has 2 atom stereocenters. The Kier molecular flexibility index (Phi) is 5.29. The summed E-state index contributed by atoms with van der Waals surface area (Å²) in [5.41, 5.74) is 5.59. The van der Waals surface area contributed by atoms with Gasteiger partial charge in [-0.2, -0.15) is 0 Å². The molecule has 2 fully saturated rings. The molecule has 7 rings (SSSR count). The summed E-state index contributed by atoms with van der Waals surface area (Å²) in [5.74, 6) is 0.0414. The second-order valence-corrected chi connectivity index (χ2v) is 10.8. The summed E-state index contributed by atoms with van der Waals surface area (Å²) in [6.45, 7) is 0.320. The number of carbonyl (C=O) groups is 1. The Balaban J connectivity index is 1.13. The highest BCUT2D eigenvalue weighted by atomic mass is 16.6. The molecule has 2 saturated heterocycles. The molecule has 37 heavy (non-hydrogen) atoms. The number of nitrogens with zero attached hydrogens (tertiary/aromatic N) is 2. The Bertz CT molecular complexity index is 1430. The van der Waals surface area contributed by atoms with Crippen LogP contribution < -0.4 is 0 Å². The van der Waals surface area contributed by atoms with Gasteiger partial charge in [-0.15, -0.1) is 0 Å². The first kappa shape index (κ1) is 22.5. The number of piperidine rings is 2. The molecule has 2 aliphatic heterocycles. The first-order chi connectivity index (χ1) is 18.1. The van der Waals surface area contributed by atoms with Crippen LogP contribution in [0.4, 0.5) is 4.79 Å². The van der Waals surface area contributed by atoms with Crippen LogP contribution in [0.5, 0.6) is 0 Å². The SMILES string of the molecule is O=C(OCC1c2ccccc2-c2ccccc21)N1C2CCCC1CC(O)(c1cccc3cccnc13)C2. The average Bonchev–Trinajstić information content (AvgIpc) is 3.24. The monoisotopic (exact) mass is 490 g/mol. The van der Waals surface area contributed by atoms with Crippen LogP contribution in [-0.4, -0.2) is 39.8 Å². The molecule has 3 aliphatic rings. The zero-order valence-corrected chi connectivity index (χ0v) is 20.7. The highest BCUT2D eigenvalue weighted by molar-refractivity contribution is 5.82. The molecular weight excluding hydrogens is 460 g/mol. The minimum Gasteiger partial charge on any atom is -0.448 e. The molecule has 0 saturated carbocycles. The van der Waals surface area contributed by atoms with Crippen molar-refractivity contribution in [2.75, 3.05) is 6.61 Å². The van der Waals surface area contributed by atoms with E-state index in [1.54, 1.807) is 6.20 Å². The van der Waals surface area contributed by atoms with Crippen molar-refractivity contribution in [1.82, 2.24) is 9.88 Å². The summed E-state index contributed by atoms with van der Waals surface area (Å²) in [7, 11) is 0. The molecule has 1 aliphatic carbocycles. The van der Waals surface area contributed by atoms with E-state index in [0.717, 1.165) is 35.7 Å². The number of para-hydroxylation sites is 1. The molecule has 1 N–H and O–H groups in total. The quantitative estimate of drug-likeness (QED) is 0.362. The first-order valence-corrected chi connectivity index (χ1v) is 13.3. The normalized spacial score (nSPS) is 24.5. The van der Waals surface area contributed by atoms with Gasteiger partial charge in [-0.05, 0) is 47.6 Å². The number of fused-ring (bicyclic) bond motifs is 6. The van der Waals surface area contributed by atoms with E-state index in [2.05, 4.69) is 53.5 Å². The van der Waals surface area contributed by atoms with Crippen LogP contribution in [0.2, 0.25) is 0 Å². The number of hydrogen-bond donors (Lipinski definition) is 1. The molecule has 186 valence electrons. The van der Waals surface area contributed by atoms with Crippen LogP contribution in [0.15, 0.2) is 85.1 Å². The number of hydrogen-bond acceptors (Lipinski definition) is 4. The third-order valence-electron chi connectivity index (χ3n) is 8.69. The molecule has 0 radical (unpaired) electrons. The predicted molar refractivity (Wildman–Crippen MR) is 143 cm³/mol. The largest absolute Gasteiger partial charge is 0.448 e. The van der Waals surface area contributed by atoms with Gasteiger partial charge in [-0.25, -0.2) is 4.79 Å². The van der Waals surface area contributed by atoms with Crippen molar-refractivity contribution in [3.05, 3.63) is 102 Å². The topological polar surface area (TPSA) is 62.7 Å². The molecular formula is C32H30N2O3. The van der Waals surface area contributed by atoms with Crippen LogP contribution in [0.1, 0.15) is 54.7 Å². The number of aliphatic hydroxyl groups is 1. The van der Waals surface area contributed by atoms with Crippen molar-refractivity contribution >= 4 is 17.0 Å². The lowest BCUT2D eigenvalue weighted by molar-refractivity contribution is -0.0883. The highest BCUT2D eigenvalue weighted by Crippen LogP contribution is 2.47. The van der Waals surface area contributed by atoms with Crippen molar-refractivity contribution in [3.63, 3.8) is 0 Å². The Morgan fingerprint density at radius 3 is 2.24 bits per heavy atom. The zero-order chi connectivity index (χ0) is 25.0. The van der Waals surface area contributed by atoms with Crippen molar-refractivity contribution in [2.24, 2.45) is 0 Å². The van der Waals surface area contributed by atoms with E-state index in [1.807, 2.05) is 35.2 Å². The maximum atomic E-state index is 13.6. The lowest BCUT2D eigenvalue weighted by Crippen LogP contribution is -2.59. The minimum absolute atomic E-state index is 0.0414. The molecule has 3 aromatic carbocycles. The summed E-state index contributed by atoms with van der Waals surface area (Å²) in [6.07, 6.45) is 5.35. The number of ether oxygens (including phenoxy) is 1. The lowest BCUT2D eigenvalue weighted by Gasteiger charge is -2.51. The molecule has 1 aromatic heterocycles. The Hall–Kier alpha value is -3.70. The van der Waals surface area contributed by atoms with E-state index in [1.165, 1.54) is 22.3 Å². The second kappa shape index (κ2) is 8.70. The molecule has 3 heterocycles. The average molecular weight is 491 g/mol. The van der Waals surface area contributed by atoms with Gasteiger partial charge in [0.1, 0.15) is 6.61 Å². The molecule has 5 nitrogen and oxygen atoms in total. The predicted octanol–water partition coefficient (Wildman–Crippen LogP) is 6.39. The molecule has 1 amide bonds. The molecule has 4 aromatic rings. The number of benzene rings is 3. The molecule has 2 unspecified atom stereocenters. The fraction of sp³-hybridized carbons (Fsp3) is 0.312. The summed E-state index contributed by atoms with van der Waals surface area (Å²) >= 11 is 0. The summed E-state index contributed by atoms with van der Waals surface area (Å²) in [5, 5.41) is 13.0. The maximum absolute atomic E-state index is 13.6. The number of carbonyl (C=O) groups excluding carboxylic acids is 1.